The molecule has 1 radical (unpaired) electrons. The van der Waals surface area contributed by atoms with Crippen molar-refractivity contribution >= 4 is 95.1 Å². The van der Waals surface area contributed by atoms with Crippen molar-refractivity contribution in [1.82, 2.24) is 19.4 Å². The summed E-state index contributed by atoms with van der Waals surface area (Å²) in [5.74, 6) is -0.0172. The summed E-state index contributed by atoms with van der Waals surface area (Å²) >= 11 is 6.37. The van der Waals surface area contributed by atoms with E-state index in [1.165, 1.54) is 6.07 Å². The molecule has 1 amide bonds. The molecule has 9 N–H and O–H groups in total. The molecule has 2 heterocycles. The van der Waals surface area contributed by atoms with Gasteiger partial charge in [-0.15, -0.1) is 0 Å². The molecule has 0 atom stereocenters. The van der Waals surface area contributed by atoms with Gasteiger partial charge in [-0.05, 0) is 140 Å². The van der Waals surface area contributed by atoms with E-state index in [2.05, 4.69) is 52.0 Å². The van der Waals surface area contributed by atoms with Crippen molar-refractivity contribution in [2.45, 2.75) is 34.2 Å². The molecule has 0 spiro atoms. The molecule has 0 aliphatic carbocycles. The van der Waals surface area contributed by atoms with Crippen LogP contribution in [0.5, 0.6) is 0 Å². The summed E-state index contributed by atoms with van der Waals surface area (Å²) in [6, 6.07) is 46.6. The fraction of sp³-hybridized carbons (Fsp3) is 0.0926. The molecular formula is C54H54Br2FN9NaO8Y-. The molecule has 2 aromatic heterocycles. The summed E-state index contributed by atoms with van der Waals surface area (Å²) in [5.41, 5.74) is 26.2. The summed E-state index contributed by atoms with van der Waals surface area (Å²) in [6.07, 6.45) is 1.85. The number of hydrogen-bond acceptors (Lipinski definition) is 13. The van der Waals surface area contributed by atoms with Crippen LogP contribution in [0.25, 0.3) is 50.9 Å². The number of hydrogen-bond donors (Lipinski definition) is 6. The fourth-order valence-corrected chi connectivity index (χ4v) is 6.99. The average Bonchev–Trinajstić information content (AvgIpc) is 3.91. The monoisotopic (exact) mass is 1250 g/mol. The number of carbonyl (C=O) groups excluding carboxylic acids is 2. The van der Waals surface area contributed by atoms with Crippen molar-refractivity contribution in [3.8, 4) is 22.8 Å². The van der Waals surface area contributed by atoms with E-state index >= 15 is 0 Å². The van der Waals surface area contributed by atoms with Gasteiger partial charge in [-0.3, -0.25) is 19.7 Å². The Morgan fingerprint density at radius 1 is 0.763 bits per heavy atom. The molecule has 0 aliphatic heterocycles. The third-order valence-electron chi connectivity index (χ3n) is 9.85. The third-order valence-corrected chi connectivity index (χ3v) is 10.8. The first-order valence-electron chi connectivity index (χ1n) is 21.9. The Bertz CT molecular complexity index is 3280. The number of anilines is 3. The van der Waals surface area contributed by atoms with E-state index < -0.39 is 16.4 Å². The second kappa shape index (κ2) is 34.4. The minimum absolute atomic E-state index is 0. The first-order valence-corrected chi connectivity index (χ1v) is 23.5. The summed E-state index contributed by atoms with van der Waals surface area (Å²) < 4.78 is 16.1. The summed E-state index contributed by atoms with van der Waals surface area (Å²) in [6.45, 7) is 8.16. The molecule has 0 bridgehead atoms. The molecule has 389 valence electrons. The Labute approximate surface area is 503 Å². The van der Waals surface area contributed by atoms with Gasteiger partial charge in [0.15, 0.2) is 11.6 Å². The van der Waals surface area contributed by atoms with E-state index in [9.17, 15) is 29.7 Å². The molecule has 17 nitrogen and oxygen atoms in total. The maximum atomic E-state index is 12.6. The van der Waals surface area contributed by atoms with Crippen LogP contribution in [-0.2, 0) is 53.7 Å². The molecule has 0 saturated carbocycles. The number of rotatable bonds is 8. The number of nitrogens with one attached hydrogen (secondary N) is 1. The van der Waals surface area contributed by atoms with E-state index in [4.69, 9.17) is 27.3 Å². The average molecular weight is 1250 g/mol. The number of nitrogens with zero attached hydrogens (tertiary/aromatic N) is 5. The smallest absolute Gasteiger partial charge is 0.662 e. The molecule has 22 heteroatoms. The normalized spacial score (nSPS) is 9.88. The number of nitro groups is 1. The topological polar surface area (TPSA) is 276 Å². The van der Waals surface area contributed by atoms with Gasteiger partial charge in [-0.2, -0.15) is 13.9 Å². The van der Waals surface area contributed by atoms with E-state index in [1.54, 1.807) is 31.2 Å². The van der Waals surface area contributed by atoms with Crippen LogP contribution in [0.3, 0.4) is 0 Å². The van der Waals surface area contributed by atoms with Crippen LogP contribution in [0, 0.1) is 30.3 Å². The van der Waals surface area contributed by atoms with E-state index in [0.717, 1.165) is 70.6 Å². The van der Waals surface area contributed by atoms with Gasteiger partial charge in [-0.1, -0.05) is 94.2 Å². The van der Waals surface area contributed by atoms with Crippen molar-refractivity contribution in [3.05, 3.63) is 212 Å². The molecule has 0 saturated heterocycles. The Morgan fingerprint density at radius 3 is 1.71 bits per heavy atom. The second-order valence-electron chi connectivity index (χ2n) is 15.0. The minimum Gasteiger partial charge on any atom is -0.662 e. The quantitative estimate of drug-likeness (QED) is 0.00957. The predicted molar refractivity (Wildman–Crippen MR) is 295 cm³/mol. The molecule has 0 fully saturated rings. The van der Waals surface area contributed by atoms with E-state index in [0.29, 0.717) is 50.6 Å². The molecular weight excluding hydrogens is 1190 g/mol. The number of carbonyl (C=O) groups is 2. The summed E-state index contributed by atoms with van der Waals surface area (Å²) in [7, 11) is 0. The van der Waals surface area contributed by atoms with Crippen molar-refractivity contribution in [2.75, 3.05) is 16.8 Å². The van der Waals surface area contributed by atoms with Crippen LogP contribution in [0.2, 0.25) is 0 Å². The molecule has 76 heavy (non-hydrogen) atoms. The predicted octanol–water partition coefficient (Wildman–Crippen LogP) is 8.71. The van der Waals surface area contributed by atoms with E-state index in [-0.39, 0.29) is 82.1 Å². The molecule has 9 aromatic rings. The number of halogens is 3. The number of fused-ring (bicyclic) bond motifs is 2. The standard InChI is InChI=1S/C24H21N3O2.C13H10BrN3O.C7H10N2.C6H3BrFNO2.C2H6.CH2O3.CH3.Na.Y/c1-16-8-13-21-22(14-16)27(29)23(26-21)19-9-11-20(12-10-19)25-24(28)17(2)15-18-6-4-3-5-7-18;14-9-3-6-11-12(7-9)17(18)13(16-11)8-1-4-10(15)5-2-8;8-5-6-1-3-7(9)4-2-6;7-4-1-2-5(8)6(3-4)9(10)11;1-2;2-1-4-3;;;/h3-15,29H,1-2H3,(H,25,28);1-7,18H,15H2;1-4H,5,8-9H2;1-3H;1-2H3;1,3H;1H3;;/q;;;;;;-1;+1;/p-1/b17-15+;;;;;;;;. The number of benzene rings is 7. The molecule has 0 aliphatic rings. The van der Waals surface area contributed by atoms with Crippen molar-refractivity contribution in [1.29, 1.82) is 0 Å². The van der Waals surface area contributed by atoms with Gasteiger partial charge in [-0.25, -0.2) is 9.97 Å². The first-order chi connectivity index (χ1) is 35.0. The van der Waals surface area contributed by atoms with Crippen LogP contribution >= 0.6 is 31.9 Å². The zero-order valence-electron chi connectivity index (χ0n) is 42.4. The Morgan fingerprint density at radius 2 is 1.22 bits per heavy atom. The van der Waals surface area contributed by atoms with E-state index in [1.807, 2.05) is 142 Å². The zero-order chi connectivity index (χ0) is 53.6. The van der Waals surface area contributed by atoms with Gasteiger partial charge in [0.1, 0.15) is 11.0 Å². The number of imidazole rings is 2. The molecule has 0 unspecified atom stereocenters. The Balaban J connectivity index is 0.000000526. The van der Waals surface area contributed by atoms with Gasteiger partial charge in [0.2, 0.25) is 5.82 Å². The largest absolute Gasteiger partial charge is 1.00 e. The number of nitrogen functional groups attached to an aromatic ring is 2. The summed E-state index contributed by atoms with van der Waals surface area (Å²) in [4.78, 5) is 42.0. The van der Waals surface area contributed by atoms with Gasteiger partial charge in [0.05, 0.1) is 16.0 Å². The SMILES string of the molecule is C/C(=C\c1ccccc1)C(=O)Nc1ccc(-c2nc3ccc(C)cc3n2O)cc1.CC.NCc1ccc(N)cc1.Nc1ccc(-c2nc3ccc(Br)cc3n2O)cc1.O=CO[O-].O=[N+]([O-])c1cc(Br)ccc1F.[CH3-].[Na+].[Y]. The first kappa shape index (κ1) is 67.7. The van der Waals surface area contributed by atoms with Crippen molar-refractivity contribution in [2.24, 2.45) is 5.73 Å². The fourth-order valence-electron chi connectivity index (χ4n) is 6.29. The maximum Gasteiger partial charge on any atom is 1.00 e. The maximum absolute atomic E-state index is 12.6. The van der Waals surface area contributed by atoms with Gasteiger partial charge < -0.3 is 50.5 Å². The van der Waals surface area contributed by atoms with Crippen molar-refractivity contribution in [3.63, 3.8) is 0 Å². The van der Waals surface area contributed by atoms with Crippen molar-refractivity contribution < 1.29 is 102 Å². The van der Waals surface area contributed by atoms with Crippen LogP contribution in [0.15, 0.2) is 172 Å². The van der Waals surface area contributed by atoms with Crippen LogP contribution in [0.4, 0.5) is 27.1 Å². The Hall–Kier alpha value is -6.33. The number of nitro benzene ring substituents is 1. The summed E-state index contributed by atoms with van der Waals surface area (Å²) in [5, 5.41) is 42.1. The minimum atomic E-state index is -0.821. The van der Waals surface area contributed by atoms with Crippen LogP contribution in [0.1, 0.15) is 37.5 Å². The van der Waals surface area contributed by atoms with Crippen LogP contribution < -0.4 is 57.3 Å². The van der Waals surface area contributed by atoms with Gasteiger partial charge >= 0.3 is 35.2 Å². The third kappa shape index (κ3) is 20.3. The molecule has 9 rings (SSSR count). The number of amides is 1. The zero-order valence-corrected chi connectivity index (χ0v) is 50.4. The number of aromatic nitrogens is 4. The molecule has 7 aromatic carbocycles. The number of nitrogens with two attached hydrogens (primary N) is 3. The number of aryl methyl sites for hydroxylation is 1. The Kier molecular flexibility index (Phi) is 30.6. The van der Waals surface area contributed by atoms with Gasteiger partial charge in [0.25, 0.3) is 12.4 Å². The van der Waals surface area contributed by atoms with Gasteiger partial charge in [0, 0.05) is 88.0 Å². The second-order valence-corrected chi connectivity index (χ2v) is 16.8. The van der Waals surface area contributed by atoms with Crippen LogP contribution in [-0.4, -0.2) is 47.1 Å².